The zero-order chi connectivity index (χ0) is 15.3. The first-order valence-corrected chi connectivity index (χ1v) is 6.69. The molecule has 0 fully saturated rings. The van der Waals surface area contributed by atoms with Gasteiger partial charge in [0.25, 0.3) is 0 Å². The quantitative estimate of drug-likeness (QED) is 0.868. The van der Waals surface area contributed by atoms with Crippen LogP contribution in [0.3, 0.4) is 0 Å². The number of nitrogens with zero attached hydrogens (tertiary/aromatic N) is 1. The van der Waals surface area contributed by atoms with Gasteiger partial charge in [-0.15, -0.1) is 0 Å². The van der Waals surface area contributed by atoms with Crippen molar-refractivity contribution in [3.63, 3.8) is 0 Å². The third-order valence-electron chi connectivity index (χ3n) is 3.44. The van der Waals surface area contributed by atoms with E-state index in [1.54, 1.807) is 21.1 Å². The summed E-state index contributed by atoms with van der Waals surface area (Å²) in [6.45, 7) is 5.63. The van der Waals surface area contributed by atoms with Crippen molar-refractivity contribution >= 4 is 6.03 Å². The highest BCUT2D eigenvalue weighted by atomic mass is 16.5. The van der Waals surface area contributed by atoms with E-state index < -0.39 is 0 Å². The SMILES string of the molecule is COc1ccc(C)cc1C(C)NC(=O)N(C)C(C)CO. The predicted octanol–water partition coefficient (Wildman–Crippen LogP) is 2.09. The van der Waals surface area contributed by atoms with E-state index in [2.05, 4.69) is 5.32 Å². The summed E-state index contributed by atoms with van der Waals surface area (Å²) < 4.78 is 5.33. The molecule has 20 heavy (non-hydrogen) atoms. The summed E-state index contributed by atoms with van der Waals surface area (Å²) in [5, 5.41) is 12.0. The van der Waals surface area contributed by atoms with Crippen molar-refractivity contribution in [1.82, 2.24) is 10.2 Å². The van der Waals surface area contributed by atoms with E-state index in [4.69, 9.17) is 9.84 Å². The van der Waals surface area contributed by atoms with Crippen molar-refractivity contribution in [1.29, 1.82) is 0 Å². The number of hydrogen-bond donors (Lipinski definition) is 2. The second kappa shape index (κ2) is 7.14. The molecule has 2 amide bonds. The molecule has 1 aromatic carbocycles. The molecular formula is C15H24N2O3. The number of hydrogen-bond acceptors (Lipinski definition) is 3. The number of aliphatic hydroxyl groups is 1. The number of rotatable bonds is 5. The van der Waals surface area contributed by atoms with Crippen LogP contribution in [0.2, 0.25) is 0 Å². The highest BCUT2D eigenvalue weighted by Gasteiger charge is 2.19. The van der Waals surface area contributed by atoms with E-state index >= 15 is 0 Å². The molecule has 5 heteroatoms. The summed E-state index contributed by atoms with van der Waals surface area (Å²) in [5.74, 6) is 0.751. The fourth-order valence-electron chi connectivity index (χ4n) is 1.88. The number of carbonyl (C=O) groups is 1. The van der Waals surface area contributed by atoms with Crippen LogP contribution in [0.5, 0.6) is 5.75 Å². The van der Waals surface area contributed by atoms with E-state index in [-0.39, 0.29) is 24.7 Å². The maximum absolute atomic E-state index is 12.1. The van der Waals surface area contributed by atoms with Crippen molar-refractivity contribution in [3.8, 4) is 5.75 Å². The number of ether oxygens (including phenoxy) is 1. The Kier molecular flexibility index (Phi) is 5.82. The Balaban J connectivity index is 2.83. The van der Waals surface area contributed by atoms with Gasteiger partial charge in [0.05, 0.1) is 25.8 Å². The average Bonchev–Trinajstić information content (AvgIpc) is 2.45. The molecule has 0 saturated carbocycles. The van der Waals surface area contributed by atoms with E-state index in [1.165, 1.54) is 4.90 Å². The number of amides is 2. The minimum Gasteiger partial charge on any atom is -0.496 e. The lowest BCUT2D eigenvalue weighted by Crippen LogP contribution is -2.44. The second-order valence-electron chi connectivity index (χ2n) is 5.06. The molecule has 1 rings (SSSR count). The lowest BCUT2D eigenvalue weighted by Gasteiger charge is -2.26. The molecule has 1 aromatic rings. The Morgan fingerprint density at radius 1 is 1.45 bits per heavy atom. The fourth-order valence-corrected chi connectivity index (χ4v) is 1.88. The maximum Gasteiger partial charge on any atom is 0.317 e. The smallest absolute Gasteiger partial charge is 0.317 e. The van der Waals surface area contributed by atoms with Crippen molar-refractivity contribution < 1.29 is 14.6 Å². The number of likely N-dealkylation sites (N-methyl/N-ethyl adjacent to an activating group) is 1. The monoisotopic (exact) mass is 280 g/mol. The molecule has 0 aliphatic carbocycles. The summed E-state index contributed by atoms with van der Waals surface area (Å²) in [5.41, 5.74) is 2.05. The Hall–Kier alpha value is -1.75. The summed E-state index contributed by atoms with van der Waals surface area (Å²) >= 11 is 0. The van der Waals surface area contributed by atoms with Crippen LogP contribution in [0.4, 0.5) is 4.79 Å². The van der Waals surface area contributed by atoms with E-state index in [9.17, 15) is 4.79 Å². The van der Waals surface area contributed by atoms with Gasteiger partial charge in [0.15, 0.2) is 0 Å². The number of carbonyl (C=O) groups excluding carboxylic acids is 1. The third kappa shape index (κ3) is 3.87. The molecule has 112 valence electrons. The molecule has 0 bridgehead atoms. The lowest BCUT2D eigenvalue weighted by atomic mass is 10.0. The normalized spacial score (nSPS) is 13.5. The van der Waals surface area contributed by atoms with Crippen LogP contribution in [0.15, 0.2) is 18.2 Å². The number of nitrogens with one attached hydrogen (secondary N) is 1. The Morgan fingerprint density at radius 2 is 2.10 bits per heavy atom. The molecule has 0 aliphatic heterocycles. The molecule has 0 aromatic heterocycles. The van der Waals surface area contributed by atoms with Crippen LogP contribution in [0.25, 0.3) is 0 Å². The van der Waals surface area contributed by atoms with Gasteiger partial charge in [0.1, 0.15) is 5.75 Å². The van der Waals surface area contributed by atoms with Gasteiger partial charge in [0, 0.05) is 12.6 Å². The summed E-state index contributed by atoms with van der Waals surface area (Å²) in [6.07, 6.45) is 0. The Labute approximate surface area is 120 Å². The van der Waals surface area contributed by atoms with Gasteiger partial charge in [0.2, 0.25) is 0 Å². The van der Waals surface area contributed by atoms with Crippen LogP contribution >= 0.6 is 0 Å². The largest absolute Gasteiger partial charge is 0.496 e. The fraction of sp³-hybridized carbons (Fsp3) is 0.533. The van der Waals surface area contributed by atoms with Crippen LogP contribution in [-0.2, 0) is 0 Å². The standard InChI is InChI=1S/C15H24N2O3/c1-10-6-7-14(20-5)13(8-10)12(3)16-15(19)17(4)11(2)9-18/h6-8,11-12,18H,9H2,1-5H3,(H,16,19). The molecule has 2 N–H and O–H groups in total. The minimum absolute atomic E-state index is 0.0634. The Morgan fingerprint density at radius 3 is 2.65 bits per heavy atom. The van der Waals surface area contributed by atoms with E-state index in [0.29, 0.717) is 0 Å². The van der Waals surface area contributed by atoms with Gasteiger partial charge in [-0.05, 0) is 26.8 Å². The van der Waals surface area contributed by atoms with Gasteiger partial charge in [-0.1, -0.05) is 17.7 Å². The van der Waals surface area contributed by atoms with Crippen LogP contribution in [0, 0.1) is 6.92 Å². The highest BCUT2D eigenvalue weighted by molar-refractivity contribution is 5.74. The predicted molar refractivity (Wildman–Crippen MR) is 79.0 cm³/mol. The van der Waals surface area contributed by atoms with E-state index in [0.717, 1.165) is 16.9 Å². The molecule has 0 saturated heterocycles. The number of methoxy groups -OCH3 is 1. The minimum atomic E-state index is -0.221. The van der Waals surface area contributed by atoms with Crippen molar-refractivity contribution in [2.75, 3.05) is 20.8 Å². The first kappa shape index (κ1) is 16.3. The number of urea groups is 1. The number of aliphatic hydroxyl groups excluding tert-OH is 1. The van der Waals surface area contributed by atoms with Crippen LogP contribution in [-0.4, -0.2) is 42.8 Å². The van der Waals surface area contributed by atoms with Gasteiger partial charge in [-0.3, -0.25) is 0 Å². The molecule has 5 nitrogen and oxygen atoms in total. The molecule has 0 heterocycles. The zero-order valence-electron chi connectivity index (χ0n) is 12.8. The van der Waals surface area contributed by atoms with Crippen LogP contribution in [0.1, 0.15) is 31.0 Å². The van der Waals surface area contributed by atoms with Crippen molar-refractivity contribution in [3.05, 3.63) is 29.3 Å². The molecule has 0 radical (unpaired) electrons. The van der Waals surface area contributed by atoms with Gasteiger partial charge >= 0.3 is 6.03 Å². The lowest BCUT2D eigenvalue weighted by molar-refractivity contribution is 0.155. The van der Waals surface area contributed by atoms with Gasteiger partial charge in [-0.2, -0.15) is 0 Å². The summed E-state index contributed by atoms with van der Waals surface area (Å²) in [7, 11) is 3.28. The summed E-state index contributed by atoms with van der Waals surface area (Å²) in [6, 6.07) is 5.25. The van der Waals surface area contributed by atoms with Gasteiger partial charge in [-0.25, -0.2) is 4.79 Å². The average molecular weight is 280 g/mol. The highest BCUT2D eigenvalue weighted by Crippen LogP contribution is 2.26. The molecule has 2 atom stereocenters. The maximum atomic E-state index is 12.1. The Bertz CT molecular complexity index is 462. The molecule has 2 unspecified atom stereocenters. The third-order valence-corrected chi connectivity index (χ3v) is 3.44. The van der Waals surface area contributed by atoms with E-state index in [1.807, 2.05) is 32.0 Å². The first-order chi connectivity index (χ1) is 9.40. The number of aryl methyl sites for hydroxylation is 1. The topological polar surface area (TPSA) is 61.8 Å². The number of benzene rings is 1. The van der Waals surface area contributed by atoms with Crippen LogP contribution < -0.4 is 10.1 Å². The summed E-state index contributed by atoms with van der Waals surface area (Å²) in [4.78, 5) is 13.6. The molecular weight excluding hydrogens is 256 g/mol. The molecule has 0 aliphatic rings. The van der Waals surface area contributed by atoms with Gasteiger partial charge < -0.3 is 20.1 Å². The molecule has 0 spiro atoms. The second-order valence-corrected chi connectivity index (χ2v) is 5.06. The zero-order valence-corrected chi connectivity index (χ0v) is 12.8. The first-order valence-electron chi connectivity index (χ1n) is 6.69. The van der Waals surface area contributed by atoms with Crippen molar-refractivity contribution in [2.45, 2.75) is 32.9 Å². The van der Waals surface area contributed by atoms with Crippen molar-refractivity contribution in [2.24, 2.45) is 0 Å².